The second kappa shape index (κ2) is 9.90. The Balaban J connectivity index is 1.66. The third-order valence-corrected chi connectivity index (χ3v) is 5.61. The van der Waals surface area contributed by atoms with Crippen molar-refractivity contribution in [2.45, 2.75) is 26.8 Å². The Labute approximate surface area is 182 Å². The van der Waals surface area contributed by atoms with E-state index in [1.807, 2.05) is 0 Å². The summed E-state index contributed by atoms with van der Waals surface area (Å²) in [5, 5.41) is 2.59. The monoisotopic (exact) mass is 403 g/mol. The molecule has 2 aromatic carbocycles. The Kier molecular flexibility index (Phi) is 7.28. The van der Waals surface area contributed by atoms with Crippen LogP contribution in [0.15, 0.2) is 60.9 Å². The van der Waals surface area contributed by atoms with Crippen molar-refractivity contribution in [1.29, 1.82) is 0 Å². The molecule has 3 rings (SSSR count). The fraction of sp³-hybridized carbons (Fsp3) is 0.370. The lowest BCUT2D eigenvalue weighted by molar-refractivity contribution is -0.873. The highest BCUT2D eigenvalue weighted by Gasteiger charge is 2.08. The van der Waals surface area contributed by atoms with E-state index < -0.39 is 0 Å². The number of rotatable bonds is 9. The molecule has 0 saturated carbocycles. The van der Waals surface area contributed by atoms with E-state index in [1.165, 1.54) is 40.6 Å². The molecule has 0 N–H and O–H groups in total. The zero-order valence-electron chi connectivity index (χ0n) is 19.3. The molecule has 0 aliphatic rings. The second-order valence-corrected chi connectivity index (χ2v) is 9.03. The molecule has 0 fully saturated rings. The number of benzene rings is 2. The summed E-state index contributed by atoms with van der Waals surface area (Å²) in [6.07, 6.45) is 9.96. The van der Waals surface area contributed by atoms with Gasteiger partial charge in [0.2, 0.25) is 0 Å². The first kappa shape index (κ1) is 22.0. The van der Waals surface area contributed by atoms with Crippen LogP contribution in [0.5, 0.6) is 0 Å². The summed E-state index contributed by atoms with van der Waals surface area (Å²) in [6, 6.07) is 17.9. The minimum absolute atomic E-state index is 1.02. The maximum absolute atomic E-state index is 2.39. The normalized spacial score (nSPS) is 12.0. The summed E-state index contributed by atoms with van der Waals surface area (Å²) < 4.78 is 3.29. The lowest BCUT2D eigenvalue weighted by Crippen LogP contribution is -2.39. The van der Waals surface area contributed by atoms with Crippen LogP contribution in [0, 0.1) is 0 Å². The molecule has 158 valence electrons. The van der Waals surface area contributed by atoms with E-state index in [9.17, 15) is 0 Å². The van der Waals surface area contributed by atoms with Gasteiger partial charge in [-0.3, -0.25) is 0 Å². The SMILES string of the molecule is CCN(CC)c1ccc2cc(/C=C/c3cc[n+](CCC[N+](C)(C)C)cc3)ccc2c1. The minimum Gasteiger partial charge on any atom is -0.372 e. The number of fused-ring (bicyclic) bond motifs is 1. The number of pyridine rings is 1. The summed E-state index contributed by atoms with van der Waals surface area (Å²) in [5.74, 6) is 0. The smallest absolute Gasteiger partial charge is 0.169 e. The van der Waals surface area contributed by atoms with Gasteiger partial charge in [0.25, 0.3) is 0 Å². The van der Waals surface area contributed by atoms with Gasteiger partial charge in [0.15, 0.2) is 18.9 Å². The molecule has 3 aromatic rings. The van der Waals surface area contributed by atoms with Gasteiger partial charge in [0.05, 0.1) is 34.1 Å². The van der Waals surface area contributed by atoms with Crippen LogP contribution in [0.1, 0.15) is 31.4 Å². The van der Waals surface area contributed by atoms with Gasteiger partial charge in [0, 0.05) is 30.9 Å². The molecule has 0 amide bonds. The fourth-order valence-corrected chi connectivity index (χ4v) is 3.79. The molecular formula is C27H37N3+2. The third-order valence-electron chi connectivity index (χ3n) is 5.61. The van der Waals surface area contributed by atoms with Gasteiger partial charge in [-0.05, 0) is 53.9 Å². The van der Waals surface area contributed by atoms with Gasteiger partial charge in [-0.2, -0.15) is 0 Å². The number of hydrogen-bond acceptors (Lipinski definition) is 1. The predicted octanol–water partition coefficient (Wildman–Crippen LogP) is 5.24. The fourth-order valence-electron chi connectivity index (χ4n) is 3.79. The van der Waals surface area contributed by atoms with Crippen molar-refractivity contribution in [2.75, 3.05) is 45.7 Å². The number of anilines is 1. The Morgan fingerprint density at radius 2 is 1.43 bits per heavy atom. The Morgan fingerprint density at radius 3 is 2.10 bits per heavy atom. The van der Waals surface area contributed by atoms with Crippen LogP contribution in [0.2, 0.25) is 0 Å². The highest BCUT2D eigenvalue weighted by Crippen LogP contribution is 2.24. The second-order valence-electron chi connectivity index (χ2n) is 9.03. The lowest BCUT2D eigenvalue weighted by atomic mass is 10.0. The van der Waals surface area contributed by atoms with Gasteiger partial charge in [-0.15, -0.1) is 0 Å². The molecule has 0 saturated heterocycles. The van der Waals surface area contributed by atoms with Crippen molar-refractivity contribution < 1.29 is 9.05 Å². The van der Waals surface area contributed by atoms with Crippen LogP contribution in [-0.2, 0) is 6.54 Å². The van der Waals surface area contributed by atoms with Crippen LogP contribution >= 0.6 is 0 Å². The molecule has 1 heterocycles. The molecule has 30 heavy (non-hydrogen) atoms. The van der Waals surface area contributed by atoms with Crippen LogP contribution in [-0.4, -0.2) is 45.3 Å². The highest BCUT2D eigenvalue weighted by molar-refractivity contribution is 5.88. The summed E-state index contributed by atoms with van der Waals surface area (Å²) >= 11 is 0. The summed E-state index contributed by atoms with van der Waals surface area (Å²) in [6.45, 7) is 8.74. The molecule has 0 unspecified atom stereocenters. The maximum Gasteiger partial charge on any atom is 0.169 e. The first-order chi connectivity index (χ1) is 14.4. The van der Waals surface area contributed by atoms with Gasteiger partial charge < -0.3 is 9.38 Å². The standard InChI is InChI=1S/C27H37N3/c1-6-29(7-2)27-14-13-25-21-24(11-12-26(25)22-27)10-9-23-15-18-28(19-16-23)17-8-20-30(3,4)5/h9-16,18-19,21-22H,6-8,17,20H2,1-5H3/q+2. The van der Waals surface area contributed by atoms with Crippen molar-refractivity contribution in [3.8, 4) is 0 Å². The number of aromatic nitrogens is 1. The van der Waals surface area contributed by atoms with E-state index in [2.05, 4.69) is 118 Å². The summed E-state index contributed by atoms with van der Waals surface area (Å²) in [5.41, 5.74) is 3.77. The zero-order valence-corrected chi connectivity index (χ0v) is 19.3. The Bertz CT molecular complexity index is 977. The number of hydrogen-bond donors (Lipinski definition) is 0. The van der Waals surface area contributed by atoms with Crippen LogP contribution in [0.3, 0.4) is 0 Å². The van der Waals surface area contributed by atoms with Crippen LogP contribution in [0.25, 0.3) is 22.9 Å². The topological polar surface area (TPSA) is 7.12 Å². The van der Waals surface area contributed by atoms with E-state index in [0.717, 1.165) is 24.1 Å². The summed E-state index contributed by atoms with van der Waals surface area (Å²) in [4.78, 5) is 2.39. The van der Waals surface area contributed by atoms with Crippen molar-refractivity contribution >= 4 is 28.6 Å². The van der Waals surface area contributed by atoms with Crippen molar-refractivity contribution in [1.82, 2.24) is 0 Å². The van der Waals surface area contributed by atoms with Gasteiger partial charge in [-0.1, -0.05) is 30.4 Å². The first-order valence-electron chi connectivity index (χ1n) is 11.1. The maximum atomic E-state index is 2.39. The van der Waals surface area contributed by atoms with E-state index in [1.54, 1.807) is 0 Å². The number of quaternary nitrogens is 1. The highest BCUT2D eigenvalue weighted by atomic mass is 15.3. The summed E-state index contributed by atoms with van der Waals surface area (Å²) in [7, 11) is 6.74. The van der Waals surface area contributed by atoms with Gasteiger partial charge in [-0.25, -0.2) is 4.57 Å². The average molecular weight is 404 g/mol. The zero-order chi connectivity index (χ0) is 21.6. The molecule has 0 aliphatic carbocycles. The van der Waals surface area contributed by atoms with Crippen LogP contribution < -0.4 is 9.47 Å². The minimum atomic E-state index is 1.02. The van der Waals surface area contributed by atoms with Crippen LogP contribution in [0.4, 0.5) is 5.69 Å². The molecule has 0 atom stereocenters. The number of nitrogens with zero attached hydrogens (tertiary/aromatic N) is 3. The predicted molar refractivity (Wildman–Crippen MR) is 131 cm³/mol. The first-order valence-corrected chi connectivity index (χ1v) is 11.1. The molecule has 0 bridgehead atoms. The van der Waals surface area contributed by atoms with Crippen molar-refractivity contribution in [3.63, 3.8) is 0 Å². The number of aryl methyl sites for hydroxylation is 1. The van der Waals surface area contributed by atoms with E-state index >= 15 is 0 Å². The van der Waals surface area contributed by atoms with Gasteiger partial charge in [0.1, 0.15) is 0 Å². The Hall–Kier alpha value is -2.65. The van der Waals surface area contributed by atoms with Crippen molar-refractivity contribution in [2.24, 2.45) is 0 Å². The molecule has 0 spiro atoms. The molecular weight excluding hydrogens is 366 g/mol. The van der Waals surface area contributed by atoms with Crippen molar-refractivity contribution in [3.05, 3.63) is 72.1 Å². The lowest BCUT2D eigenvalue weighted by Gasteiger charge is -2.22. The van der Waals surface area contributed by atoms with E-state index in [4.69, 9.17) is 0 Å². The van der Waals surface area contributed by atoms with E-state index in [0.29, 0.717) is 0 Å². The largest absolute Gasteiger partial charge is 0.372 e. The molecule has 3 heteroatoms. The molecule has 3 nitrogen and oxygen atoms in total. The Morgan fingerprint density at radius 1 is 0.800 bits per heavy atom. The molecule has 0 aliphatic heterocycles. The average Bonchev–Trinajstić information content (AvgIpc) is 2.73. The third kappa shape index (κ3) is 6.17. The van der Waals surface area contributed by atoms with E-state index in [-0.39, 0.29) is 0 Å². The molecule has 0 radical (unpaired) electrons. The molecule has 1 aromatic heterocycles. The van der Waals surface area contributed by atoms with Gasteiger partial charge >= 0.3 is 0 Å². The quantitative estimate of drug-likeness (QED) is 0.350.